The highest BCUT2D eigenvalue weighted by Gasteiger charge is 2.50. The van der Waals surface area contributed by atoms with Crippen molar-refractivity contribution in [1.82, 2.24) is 35.1 Å². The third-order valence-corrected chi connectivity index (χ3v) is 7.41. The van der Waals surface area contributed by atoms with Gasteiger partial charge in [-0.3, -0.25) is 9.78 Å². The summed E-state index contributed by atoms with van der Waals surface area (Å²) >= 11 is 0. The molecular weight excluding hydrogens is 410 g/mol. The minimum absolute atomic E-state index is 0.181. The molecule has 0 N–H and O–H groups in total. The lowest BCUT2D eigenvalue weighted by atomic mass is 9.68. The summed E-state index contributed by atoms with van der Waals surface area (Å²) in [5.41, 5.74) is 2.02. The molecule has 10 heteroatoms. The van der Waals surface area contributed by atoms with Gasteiger partial charge in [-0.05, 0) is 61.8 Å². The number of nitrogens with zero attached hydrogens (tertiary/aromatic N) is 7. The van der Waals surface area contributed by atoms with Gasteiger partial charge in [-0.1, -0.05) is 6.92 Å². The first kappa shape index (κ1) is 20.7. The van der Waals surface area contributed by atoms with Crippen molar-refractivity contribution in [2.45, 2.75) is 58.3 Å². The number of rotatable bonds is 5. The van der Waals surface area contributed by atoms with E-state index in [-0.39, 0.29) is 29.8 Å². The van der Waals surface area contributed by atoms with Gasteiger partial charge in [-0.15, -0.1) is 5.10 Å². The summed E-state index contributed by atoms with van der Waals surface area (Å²) in [5, 5.41) is 11.1. The average Bonchev–Trinajstić information content (AvgIpc) is 3.53. The van der Waals surface area contributed by atoms with Crippen LogP contribution in [0.5, 0.6) is 0 Å². The van der Waals surface area contributed by atoms with E-state index in [9.17, 15) is 9.59 Å². The molecule has 1 amide bonds. The van der Waals surface area contributed by atoms with Gasteiger partial charge in [0.15, 0.2) is 5.82 Å². The van der Waals surface area contributed by atoms with Gasteiger partial charge in [0.2, 0.25) is 5.91 Å². The van der Waals surface area contributed by atoms with Gasteiger partial charge in [-0.2, -0.15) is 4.68 Å². The molecule has 0 radical (unpaired) electrons. The standard InChI is InChI=1S/C22H27N7O3/c1-14(17-10-24-19(11-23-17)29-13-25-26-27-29)9-16-3-5-22(6-4-16)7-8-28(21(22)31)18-12-32-20(30)15(18)2/h10-11,13-14,16H,3-9,12H2,1-2H3/t14-,16?,22?/m0/s1. The topological polar surface area (TPSA) is 116 Å². The predicted molar refractivity (Wildman–Crippen MR) is 112 cm³/mol. The summed E-state index contributed by atoms with van der Waals surface area (Å²) in [6.45, 7) is 4.84. The van der Waals surface area contributed by atoms with E-state index in [1.54, 1.807) is 19.3 Å². The van der Waals surface area contributed by atoms with Crippen LogP contribution < -0.4 is 0 Å². The van der Waals surface area contributed by atoms with Crippen LogP contribution in [-0.4, -0.2) is 60.1 Å². The Hall–Kier alpha value is -3.17. The molecule has 1 saturated carbocycles. The van der Waals surface area contributed by atoms with E-state index in [2.05, 4.69) is 32.4 Å². The van der Waals surface area contributed by atoms with E-state index in [1.165, 1.54) is 11.0 Å². The number of hydrogen-bond donors (Lipinski definition) is 0. The van der Waals surface area contributed by atoms with Crippen molar-refractivity contribution in [1.29, 1.82) is 0 Å². The highest BCUT2D eigenvalue weighted by atomic mass is 16.5. The monoisotopic (exact) mass is 437 g/mol. The van der Waals surface area contributed by atoms with Gasteiger partial charge in [0.05, 0.1) is 34.8 Å². The first-order valence-corrected chi connectivity index (χ1v) is 11.2. The lowest BCUT2D eigenvalue weighted by Crippen LogP contribution is -2.37. The Kier molecular flexibility index (Phi) is 5.22. The largest absolute Gasteiger partial charge is 0.456 e. The van der Waals surface area contributed by atoms with Crippen LogP contribution in [0.3, 0.4) is 0 Å². The molecule has 2 fully saturated rings. The second kappa shape index (κ2) is 8.07. The first-order valence-electron chi connectivity index (χ1n) is 11.2. The summed E-state index contributed by atoms with van der Waals surface area (Å²) in [7, 11) is 0. The fourth-order valence-corrected chi connectivity index (χ4v) is 5.35. The van der Waals surface area contributed by atoms with Crippen molar-refractivity contribution in [2.75, 3.05) is 13.2 Å². The third kappa shape index (κ3) is 3.57. The molecule has 0 bridgehead atoms. The van der Waals surface area contributed by atoms with Crippen LogP contribution in [0.4, 0.5) is 0 Å². The number of cyclic esters (lactones) is 1. The van der Waals surface area contributed by atoms with Crippen LogP contribution in [-0.2, 0) is 14.3 Å². The Morgan fingerprint density at radius 3 is 2.62 bits per heavy atom. The molecule has 1 spiro atoms. The second-order valence-corrected chi connectivity index (χ2v) is 9.27. The van der Waals surface area contributed by atoms with Gasteiger partial charge >= 0.3 is 5.97 Å². The predicted octanol–water partition coefficient (Wildman–Crippen LogP) is 2.19. The molecule has 168 valence electrons. The normalized spacial score (nSPS) is 26.8. The van der Waals surface area contributed by atoms with E-state index >= 15 is 0 Å². The number of aromatic nitrogens is 6. The minimum Gasteiger partial charge on any atom is -0.456 e. The van der Waals surface area contributed by atoms with E-state index in [1.807, 2.05) is 4.90 Å². The molecule has 2 aromatic heterocycles. The molecule has 32 heavy (non-hydrogen) atoms. The number of esters is 1. The third-order valence-electron chi connectivity index (χ3n) is 7.41. The lowest BCUT2D eigenvalue weighted by Gasteiger charge is -2.36. The van der Waals surface area contributed by atoms with Gasteiger partial charge in [-0.25, -0.2) is 9.78 Å². The van der Waals surface area contributed by atoms with Crippen LogP contribution >= 0.6 is 0 Å². The Labute approximate surface area is 186 Å². The fourth-order valence-electron chi connectivity index (χ4n) is 5.35. The average molecular weight is 438 g/mol. The first-order chi connectivity index (χ1) is 15.5. The van der Waals surface area contributed by atoms with Crippen molar-refractivity contribution in [3.63, 3.8) is 0 Å². The smallest absolute Gasteiger partial charge is 0.336 e. The number of carbonyl (C=O) groups excluding carboxylic acids is 2. The fraction of sp³-hybridized carbons (Fsp3) is 0.591. The van der Waals surface area contributed by atoms with Crippen molar-refractivity contribution >= 4 is 11.9 Å². The maximum atomic E-state index is 13.3. The minimum atomic E-state index is -0.305. The van der Waals surface area contributed by atoms with Crippen LogP contribution in [0.2, 0.25) is 0 Å². The number of amides is 1. The highest BCUT2D eigenvalue weighted by Crippen LogP contribution is 2.49. The van der Waals surface area contributed by atoms with Gasteiger partial charge in [0.25, 0.3) is 0 Å². The SMILES string of the molecule is CC1=C(N2CCC3(CCC(C[C@H](C)c4cnc(-n5cnnn5)cn4)CC3)C2=O)COC1=O. The van der Waals surface area contributed by atoms with Crippen molar-refractivity contribution < 1.29 is 14.3 Å². The van der Waals surface area contributed by atoms with Gasteiger partial charge in [0.1, 0.15) is 12.9 Å². The molecule has 4 heterocycles. The Morgan fingerprint density at radius 1 is 1.19 bits per heavy atom. The highest BCUT2D eigenvalue weighted by molar-refractivity contribution is 5.94. The second-order valence-electron chi connectivity index (χ2n) is 9.27. The van der Waals surface area contributed by atoms with Crippen molar-refractivity contribution in [2.24, 2.45) is 11.3 Å². The van der Waals surface area contributed by atoms with Crippen LogP contribution in [0.15, 0.2) is 30.0 Å². The molecule has 0 aromatic carbocycles. The molecule has 2 aromatic rings. The molecule has 10 nitrogen and oxygen atoms in total. The molecule has 2 aliphatic heterocycles. The summed E-state index contributed by atoms with van der Waals surface area (Å²) in [6.07, 6.45) is 10.8. The number of carbonyl (C=O) groups is 2. The Balaban J connectivity index is 1.18. The summed E-state index contributed by atoms with van der Waals surface area (Å²) in [4.78, 5) is 35.8. The number of hydrogen-bond acceptors (Lipinski definition) is 8. The molecule has 3 aliphatic rings. The molecule has 1 atom stereocenters. The molecule has 1 aliphatic carbocycles. The van der Waals surface area contributed by atoms with E-state index in [0.29, 0.717) is 23.9 Å². The van der Waals surface area contributed by atoms with E-state index in [0.717, 1.165) is 49.9 Å². The Bertz CT molecular complexity index is 1040. The molecule has 5 rings (SSSR count). The van der Waals surface area contributed by atoms with Crippen molar-refractivity contribution in [3.05, 3.63) is 35.7 Å². The number of tetrazole rings is 1. The Morgan fingerprint density at radius 2 is 2.00 bits per heavy atom. The number of likely N-dealkylation sites (tertiary alicyclic amines) is 1. The summed E-state index contributed by atoms with van der Waals surface area (Å²) in [5.74, 6) is 1.32. The quantitative estimate of drug-likeness (QED) is 0.654. The zero-order chi connectivity index (χ0) is 22.3. The van der Waals surface area contributed by atoms with Crippen LogP contribution in [0.25, 0.3) is 5.82 Å². The van der Waals surface area contributed by atoms with E-state index < -0.39 is 0 Å². The van der Waals surface area contributed by atoms with Crippen LogP contribution in [0.1, 0.15) is 64.0 Å². The lowest BCUT2D eigenvalue weighted by molar-refractivity contribution is -0.138. The molecular formula is C22H27N7O3. The van der Waals surface area contributed by atoms with Gasteiger partial charge < -0.3 is 9.64 Å². The van der Waals surface area contributed by atoms with Crippen LogP contribution in [0, 0.1) is 11.3 Å². The van der Waals surface area contributed by atoms with Gasteiger partial charge in [0, 0.05) is 12.5 Å². The maximum Gasteiger partial charge on any atom is 0.336 e. The number of ether oxygens (including phenoxy) is 1. The zero-order valence-electron chi connectivity index (χ0n) is 18.4. The van der Waals surface area contributed by atoms with Crippen molar-refractivity contribution in [3.8, 4) is 5.82 Å². The van der Waals surface area contributed by atoms with E-state index in [4.69, 9.17) is 4.74 Å². The zero-order valence-corrected chi connectivity index (χ0v) is 18.4. The summed E-state index contributed by atoms with van der Waals surface area (Å²) in [6, 6.07) is 0. The maximum absolute atomic E-state index is 13.3. The summed E-state index contributed by atoms with van der Waals surface area (Å²) < 4.78 is 6.60. The molecule has 1 saturated heterocycles. The molecule has 0 unspecified atom stereocenters.